The third kappa shape index (κ3) is 5.82. The fourth-order valence-corrected chi connectivity index (χ4v) is 8.05. The molecule has 5 nitrogen and oxygen atoms in total. The second-order valence-corrected chi connectivity index (χ2v) is 13.2. The van der Waals surface area contributed by atoms with Gasteiger partial charge in [-0.25, -0.2) is 0 Å². The number of ketones is 1. The zero-order chi connectivity index (χ0) is 32.3. The molecule has 0 amide bonds. The summed E-state index contributed by atoms with van der Waals surface area (Å²) in [5.74, 6) is -0.200. The van der Waals surface area contributed by atoms with Crippen molar-refractivity contribution in [2.45, 2.75) is 62.0 Å². The number of hydrogen-bond acceptors (Lipinski definition) is 5. The molecule has 242 valence electrons. The average Bonchev–Trinajstić information content (AvgIpc) is 3.75. The van der Waals surface area contributed by atoms with E-state index in [9.17, 15) is 4.79 Å². The van der Waals surface area contributed by atoms with E-state index in [4.69, 9.17) is 18.9 Å². The predicted molar refractivity (Wildman–Crippen MR) is 184 cm³/mol. The molecule has 5 aromatic rings. The maximum Gasteiger partial charge on any atom is 0.154 e. The summed E-state index contributed by atoms with van der Waals surface area (Å²) in [5.41, 5.74) is 5.78. The first kappa shape index (κ1) is 30.9. The topological polar surface area (TPSA) is 54.0 Å². The number of benzene rings is 5. The van der Waals surface area contributed by atoms with Crippen molar-refractivity contribution in [1.29, 1.82) is 0 Å². The second-order valence-electron chi connectivity index (χ2n) is 13.2. The minimum Gasteiger partial charge on any atom is -0.374 e. The van der Waals surface area contributed by atoms with Crippen molar-refractivity contribution in [2.24, 2.45) is 5.92 Å². The third-order valence-electron chi connectivity index (χ3n) is 10.3. The fraction of sp³-hybridized carbons (Fsp3) is 0.279. The monoisotopic (exact) mass is 636 g/mol. The number of Topliss-reactive ketones (excluding diaryl/α,β-unsaturated/α-hetero) is 1. The van der Waals surface area contributed by atoms with Gasteiger partial charge in [0, 0.05) is 11.8 Å². The average molecular weight is 637 g/mol. The largest absolute Gasteiger partial charge is 0.374 e. The van der Waals surface area contributed by atoms with Crippen LogP contribution in [0.2, 0.25) is 0 Å². The van der Waals surface area contributed by atoms with Crippen LogP contribution < -0.4 is 0 Å². The van der Waals surface area contributed by atoms with Gasteiger partial charge in [0.25, 0.3) is 0 Å². The quantitative estimate of drug-likeness (QED) is 0.141. The number of rotatable bonds is 12. The molecule has 5 aromatic carbocycles. The summed E-state index contributed by atoms with van der Waals surface area (Å²) in [6.07, 6.45) is -0.921. The van der Waals surface area contributed by atoms with Crippen LogP contribution in [0.3, 0.4) is 0 Å². The summed E-state index contributed by atoms with van der Waals surface area (Å²) < 4.78 is 27.0. The first-order valence-electron chi connectivity index (χ1n) is 17.0. The van der Waals surface area contributed by atoms with Crippen LogP contribution in [0, 0.1) is 5.92 Å². The first-order chi connectivity index (χ1) is 23.7. The zero-order valence-corrected chi connectivity index (χ0v) is 26.9. The molecular weight excluding hydrogens is 596 g/mol. The summed E-state index contributed by atoms with van der Waals surface area (Å²) in [6, 6.07) is 49.2. The highest BCUT2D eigenvalue weighted by atomic mass is 16.6. The molecule has 1 saturated heterocycles. The fourth-order valence-electron chi connectivity index (χ4n) is 8.05. The van der Waals surface area contributed by atoms with Gasteiger partial charge in [-0.3, -0.25) is 4.79 Å². The van der Waals surface area contributed by atoms with Crippen molar-refractivity contribution < 1.29 is 23.7 Å². The molecule has 1 spiro atoms. The molecule has 2 aliphatic carbocycles. The molecule has 0 bridgehead atoms. The normalized spacial score (nSPS) is 27.0. The second kappa shape index (κ2) is 13.6. The highest BCUT2D eigenvalue weighted by Gasteiger charge is 2.80. The Balaban J connectivity index is 1.14. The van der Waals surface area contributed by atoms with Gasteiger partial charge in [0.05, 0.1) is 44.1 Å². The van der Waals surface area contributed by atoms with Crippen LogP contribution in [0.4, 0.5) is 0 Å². The Labute approximate surface area is 282 Å². The molecule has 2 fully saturated rings. The lowest BCUT2D eigenvalue weighted by molar-refractivity contribution is -0.201. The van der Waals surface area contributed by atoms with E-state index in [2.05, 4.69) is 60.7 Å². The maximum absolute atomic E-state index is 14.9. The van der Waals surface area contributed by atoms with Gasteiger partial charge in [0.15, 0.2) is 5.78 Å². The van der Waals surface area contributed by atoms with E-state index in [1.54, 1.807) is 0 Å². The van der Waals surface area contributed by atoms with Gasteiger partial charge in [-0.05, 0) is 39.8 Å². The molecule has 5 heteroatoms. The number of fused-ring (bicyclic) bond motifs is 5. The van der Waals surface area contributed by atoms with Crippen molar-refractivity contribution in [3.05, 3.63) is 179 Å². The summed E-state index contributed by atoms with van der Waals surface area (Å²) in [7, 11) is 0. The Bertz CT molecular complexity index is 1810. The van der Waals surface area contributed by atoms with Crippen LogP contribution in [0.15, 0.2) is 146 Å². The molecule has 8 rings (SSSR count). The highest BCUT2D eigenvalue weighted by Crippen LogP contribution is 2.68. The molecule has 7 atom stereocenters. The van der Waals surface area contributed by atoms with Gasteiger partial charge in [-0.2, -0.15) is 0 Å². The Morgan fingerprint density at radius 1 is 0.562 bits per heavy atom. The molecule has 4 unspecified atom stereocenters. The summed E-state index contributed by atoms with van der Waals surface area (Å²) in [4.78, 5) is 14.9. The van der Waals surface area contributed by atoms with Crippen molar-refractivity contribution in [3.8, 4) is 0 Å². The predicted octanol–water partition coefficient (Wildman–Crippen LogP) is 7.62. The summed E-state index contributed by atoms with van der Waals surface area (Å²) in [6.45, 7) is 1.60. The minimum atomic E-state index is -0.792. The van der Waals surface area contributed by atoms with Gasteiger partial charge >= 0.3 is 0 Å². The van der Waals surface area contributed by atoms with Gasteiger partial charge < -0.3 is 18.9 Å². The molecule has 0 aromatic heterocycles. The molecule has 0 radical (unpaired) electrons. The lowest BCUT2D eigenvalue weighted by atomic mass is 9.88. The Kier molecular flexibility index (Phi) is 8.77. The van der Waals surface area contributed by atoms with E-state index in [0.717, 1.165) is 33.4 Å². The molecule has 48 heavy (non-hydrogen) atoms. The first-order valence-corrected chi connectivity index (χ1v) is 17.0. The van der Waals surface area contributed by atoms with Crippen molar-refractivity contribution in [1.82, 2.24) is 0 Å². The molecule has 3 aliphatic rings. The standard InChI is InChI=1S/C43H40O5/c44-41-35(25-30-15-5-1-6-16-30)34-23-13-14-24-36(34)43(41)38-40(47-28-33-21-11-4-12-22-33)39(46-27-32-19-9-3-10-20-32)37(48-42(38)43)29-45-26-31-17-7-2-8-18-31/h1-24,35,37-40,42H,25-29H2/t35?,37-,38?,39-,40-,42?,43?/m1/s1. The molecule has 1 saturated carbocycles. The zero-order valence-electron chi connectivity index (χ0n) is 26.9. The SMILES string of the molecule is O=C1C(Cc2ccccc2)c2ccccc2C12C1O[C@H](COCc3ccccc3)[C@@H](OCc3ccccc3)[C@H](OCc3ccccc3)C12. The van der Waals surface area contributed by atoms with Gasteiger partial charge in [-0.1, -0.05) is 146 Å². The number of ether oxygens (including phenoxy) is 4. The minimum absolute atomic E-state index is 0.179. The van der Waals surface area contributed by atoms with Gasteiger partial charge in [0.1, 0.15) is 12.2 Å². The van der Waals surface area contributed by atoms with E-state index in [0.29, 0.717) is 32.8 Å². The lowest BCUT2D eigenvalue weighted by Gasteiger charge is -2.37. The number of carbonyl (C=O) groups is 1. The smallest absolute Gasteiger partial charge is 0.154 e. The van der Waals surface area contributed by atoms with Crippen molar-refractivity contribution in [3.63, 3.8) is 0 Å². The summed E-state index contributed by atoms with van der Waals surface area (Å²) >= 11 is 0. The van der Waals surface area contributed by atoms with Crippen LogP contribution >= 0.6 is 0 Å². The van der Waals surface area contributed by atoms with Crippen LogP contribution in [-0.4, -0.2) is 36.8 Å². The Morgan fingerprint density at radius 3 is 1.67 bits per heavy atom. The van der Waals surface area contributed by atoms with Crippen LogP contribution in [0.5, 0.6) is 0 Å². The lowest BCUT2D eigenvalue weighted by Crippen LogP contribution is -2.50. The van der Waals surface area contributed by atoms with Crippen molar-refractivity contribution >= 4 is 5.78 Å². The Hall–Kier alpha value is -4.39. The van der Waals surface area contributed by atoms with Gasteiger partial charge in [-0.15, -0.1) is 0 Å². The molecule has 0 N–H and O–H groups in total. The van der Waals surface area contributed by atoms with Crippen molar-refractivity contribution in [2.75, 3.05) is 6.61 Å². The molecule has 1 heterocycles. The highest BCUT2D eigenvalue weighted by molar-refractivity contribution is 6.05. The van der Waals surface area contributed by atoms with E-state index in [1.807, 2.05) is 84.9 Å². The van der Waals surface area contributed by atoms with E-state index < -0.39 is 17.6 Å². The molecular formula is C43H40O5. The molecule has 1 aliphatic heterocycles. The van der Waals surface area contributed by atoms with Gasteiger partial charge in [0.2, 0.25) is 0 Å². The van der Waals surface area contributed by atoms with Crippen LogP contribution in [0.1, 0.15) is 39.3 Å². The Morgan fingerprint density at radius 2 is 1.06 bits per heavy atom. The third-order valence-corrected chi connectivity index (χ3v) is 10.3. The van der Waals surface area contributed by atoms with E-state index in [-0.39, 0.29) is 29.8 Å². The van der Waals surface area contributed by atoms with Crippen LogP contribution in [-0.2, 0) is 55.4 Å². The number of carbonyl (C=O) groups excluding carboxylic acids is 1. The van der Waals surface area contributed by atoms with E-state index in [1.165, 1.54) is 0 Å². The van der Waals surface area contributed by atoms with E-state index >= 15 is 0 Å². The summed E-state index contributed by atoms with van der Waals surface area (Å²) in [5, 5.41) is 0. The van der Waals surface area contributed by atoms with Crippen LogP contribution in [0.25, 0.3) is 0 Å². The maximum atomic E-state index is 14.9. The number of hydrogen-bond donors (Lipinski definition) is 0.